The van der Waals surface area contributed by atoms with Gasteiger partial charge in [0.05, 0.1) is 0 Å². The molecule has 0 spiro atoms. The van der Waals surface area contributed by atoms with Gasteiger partial charge in [0, 0.05) is 0 Å². The predicted molar refractivity (Wildman–Crippen MR) is 107 cm³/mol. The molecule has 0 unspecified atom stereocenters. The normalized spacial score (nSPS) is 10.9. The highest BCUT2D eigenvalue weighted by Crippen LogP contribution is 2.07. The molecule has 0 bridgehead atoms. The SMILES string of the molecule is C/C(=C\c1ccccc1)CCN.NCCCCCc1ccccc1. The molecule has 2 aromatic carbocycles. The van der Waals surface area contributed by atoms with Crippen LogP contribution < -0.4 is 11.5 Å². The zero-order valence-electron chi connectivity index (χ0n) is 15.0. The van der Waals surface area contributed by atoms with E-state index in [9.17, 15) is 0 Å². The minimum Gasteiger partial charge on any atom is -0.330 e. The molecule has 2 rings (SSSR count). The van der Waals surface area contributed by atoms with E-state index in [4.69, 9.17) is 11.5 Å². The van der Waals surface area contributed by atoms with E-state index in [0.717, 1.165) is 25.9 Å². The first-order valence-corrected chi connectivity index (χ1v) is 8.92. The third-order valence-corrected chi connectivity index (χ3v) is 3.76. The van der Waals surface area contributed by atoms with E-state index in [2.05, 4.69) is 55.5 Å². The number of rotatable bonds is 8. The molecule has 0 aromatic heterocycles. The second-order valence-electron chi connectivity index (χ2n) is 6.02. The monoisotopic (exact) mass is 324 g/mol. The minimum atomic E-state index is 0.731. The summed E-state index contributed by atoms with van der Waals surface area (Å²) in [5.41, 5.74) is 14.9. The summed E-state index contributed by atoms with van der Waals surface area (Å²) in [6.07, 6.45) is 8.03. The van der Waals surface area contributed by atoms with Crippen LogP contribution in [0.25, 0.3) is 6.08 Å². The van der Waals surface area contributed by atoms with Crippen LogP contribution >= 0.6 is 0 Å². The predicted octanol–water partition coefficient (Wildman–Crippen LogP) is 4.80. The second-order valence-corrected chi connectivity index (χ2v) is 6.02. The van der Waals surface area contributed by atoms with E-state index in [0.29, 0.717) is 0 Å². The third kappa shape index (κ3) is 9.98. The first-order chi connectivity index (χ1) is 11.8. The lowest BCUT2D eigenvalue weighted by molar-refractivity contribution is 0.686. The van der Waals surface area contributed by atoms with Crippen molar-refractivity contribution in [3.8, 4) is 0 Å². The average molecular weight is 325 g/mol. The molecule has 4 N–H and O–H groups in total. The van der Waals surface area contributed by atoms with Crippen LogP contribution in [-0.4, -0.2) is 13.1 Å². The van der Waals surface area contributed by atoms with E-state index >= 15 is 0 Å². The smallest absolute Gasteiger partial charge is 0.00399 e. The molecule has 2 heteroatoms. The van der Waals surface area contributed by atoms with Gasteiger partial charge in [-0.1, -0.05) is 78.7 Å². The van der Waals surface area contributed by atoms with Crippen LogP contribution in [0, 0.1) is 0 Å². The van der Waals surface area contributed by atoms with Crippen molar-refractivity contribution in [1.82, 2.24) is 0 Å². The topological polar surface area (TPSA) is 52.0 Å². The van der Waals surface area contributed by atoms with Crippen molar-refractivity contribution in [2.24, 2.45) is 11.5 Å². The average Bonchev–Trinajstić information content (AvgIpc) is 2.61. The summed E-state index contributed by atoms with van der Waals surface area (Å²) in [6.45, 7) is 3.67. The molecule has 130 valence electrons. The maximum atomic E-state index is 5.44. The van der Waals surface area contributed by atoms with Gasteiger partial charge in [-0.25, -0.2) is 0 Å². The van der Waals surface area contributed by atoms with Crippen molar-refractivity contribution in [3.05, 3.63) is 77.4 Å². The summed E-state index contributed by atoms with van der Waals surface area (Å²) in [5, 5.41) is 0. The highest BCUT2D eigenvalue weighted by Gasteiger charge is 1.91. The second kappa shape index (κ2) is 13.5. The Morgan fingerprint density at radius 1 is 0.792 bits per heavy atom. The fraction of sp³-hybridized carbons (Fsp3) is 0.364. The molecule has 0 aliphatic rings. The van der Waals surface area contributed by atoms with E-state index in [1.54, 1.807) is 0 Å². The van der Waals surface area contributed by atoms with Crippen molar-refractivity contribution >= 4 is 6.08 Å². The van der Waals surface area contributed by atoms with E-state index in [1.165, 1.54) is 36.0 Å². The molecule has 0 saturated carbocycles. The lowest BCUT2D eigenvalue weighted by Gasteiger charge is -1.99. The van der Waals surface area contributed by atoms with Crippen molar-refractivity contribution in [1.29, 1.82) is 0 Å². The molecule has 0 atom stereocenters. The molecular weight excluding hydrogens is 292 g/mol. The Labute approximate surface area is 147 Å². The van der Waals surface area contributed by atoms with Crippen LogP contribution in [-0.2, 0) is 6.42 Å². The number of unbranched alkanes of at least 4 members (excludes halogenated alkanes) is 2. The fourth-order valence-electron chi connectivity index (χ4n) is 2.43. The summed E-state index contributed by atoms with van der Waals surface area (Å²) in [4.78, 5) is 0. The fourth-order valence-corrected chi connectivity index (χ4v) is 2.43. The highest BCUT2D eigenvalue weighted by molar-refractivity contribution is 5.51. The molecule has 0 saturated heterocycles. The highest BCUT2D eigenvalue weighted by atomic mass is 14.5. The first-order valence-electron chi connectivity index (χ1n) is 8.92. The minimum absolute atomic E-state index is 0.731. The number of hydrogen-bond donors (Lipinski definition) is 2. The van der Waals surface area contributed by atoms with Gasteiger partial charge in [-0.2, -0.15) is 0 Å². The Kier molecular flexibility index (Phi) is 11.4. The number of hydrogen-bond acceptors (Lipinski definition) is 2. The molecule has 0 aliphatic carbocycles. The van der Waals surface area contributed by atoms with E-state index in [-0.39, 0.29) is 0 Å². The Balaban J connectivity index is 0.000000240. The van der Waals surface area contributed by atoms with Crippen LogP contribution in [0.2, 0.25) is 0 Å². The van der Waals surface area contributed by atoms with Gasteiger partial charge < -0.3 is 11.5 Å². The molecule has 0 fully saturated rings. The van der Waals surface area contributed by atoms with Crippen molar-refractivity contribution in [2.45, 2.75) is 39.0 Å². The van der Waals surface area contributed by atoms with Crippen LogP contribution in [0.3, 0.4) is 0 Å². The van der Waals surface area contributed by atoms with Gasteiger partial charge in [-0.05, 0) is 56.8 Å². The summed E-state index contributed by atoms with van der Waals surface area (Å²) < 4.78 is 0. The number of nitrogens with two attached hydrogens (primary N) is 2. The standard InChI is InChI=1S/C11H15N.C11H17N/c1-10(7-8-12)9-11-5-3-2-4-6-11;12-10-6-2-5-9-11-7-3-1-4-8-11/h2-6,9H,7-8,12H2,1H3;1,3-4,7-8H,2,5-6,9-10,12H2/b10-9+;. The number of aryl methyl sites for hydroxylation is 1. The van der Waals surface area contributed by atoms with Crippen LogP contribution in [0.1, 0.15) is 43.7 Å². The van der Waals surface area contributed by atoms with E-state index in [1.807, 2.05) is 18.2 Å². The molecule has 0 aliphatic heterocycles. The maximum absolute atomic E-state index is 5.44. The summed E-state index contributed by atoms with van der Waals surface area (Å²) in [7, 11) is 0. The van der Waals surface area contributed by atoms with Gasteiger partial charge in [-0.3, -0.25) is 0 Å². The van der Waals surface area contributed by atoms with Gasteiger partial charge in [0.2, 0.25) is 0 Å². The zero-order valence-corrected chi connectivity index (χ0v) is 15.0. The zero-order chi connectivity index (χ0) is 17.5. The summed E-state index contributed by atoms with van der Waals surface area (Å²) >= 11 is 0. The molecule has 2 nitrogen and oxygen atoms in total. The van der Waals surface area contributed by atoms with Crippen LogP contribution in [0.4, 0.5) is 0 Å². The quantitative estimate of drug-likeness (QED) is 0.685. The lowest BCUT2D eigenvalue weighted by atomic mass is 10.1. The molecular formula is C22H32N2. The van der Waals surface area contributed by atoms with Gasteiger partial charge in [0.1, 0.15) is 0 Å². The van der Waals surface area contributed by atoms with Crippen LogP contribution in [0.5, 0.6) is 0 Å². The molecule has 0 heterocycles. The number of benzene rings is 2. The summed E-state index contributed by atoms with van der Waals surface area (Å²) in [5.74, 6) is 0. The van der Waals surface area contributed by atoms with Gasteiger partial charge in [0.25, 0.3) is 0 Å². The molecule has 0 amide bonds. The van der Waals surface area contributed by atoms with Crippen molar-refractivity contribution in [2.75, 3.05) is 13.1 Å². The Morgan fingerprint density at radius 3 is 2.00 bits per heavy atom. The molecule has 24 heavy (non-hydrogen) atoms. The lowest BCUT2D eigenvalue weighted by Crippen LogP contribution is -1.98. The van der Waals surface area contributed by atoms with Crippen molar-refractivity contribution < 1.29 is 0 Å². The maximum Gasteiger partial charge on any atom is -0.00399 e. The molecule has 2 aromatic rings. The third-order valence-electron chi connectivity index (χ3n) is 3.76. The Bertz CT molecular complexity index is 547. The largest absolute Gasteiger partial charge is 0.330 e. The van der Waals surface area contributed by atoms with Gasteiger partial charge >= 0.3 is 0 Å². The Morgan fingerprint density at radius 2 is 1.42 bits per heavy atom. The van der Waals surface area contributed by atoms with Gasteiger partial charge in [-0.15, -0.1) is 0 Å². The molecule has 0 radical (unpaired) electrons. The van der Waals surface area contributed by atoms with E-state index < -0.39 is 0 Å². The van der Waals surface area contributed by atoms with Crippen molar-refractivity contribution in [3.63, 3.8) is 0 Å². The summed E-state index contributed by atoms with van der Waals surface area (Å²) in [6, 6.07) is 20.9. The first kappa shape index (κ1) is 20.1. The van der Waals surface area contributed by atoms with Crippen LogP contribution in [0.15, 0.2) is 66.2 Å². The van der Waals surface area contributed by atoms with Gasteiger partial charge in [0.15, 0.2) is 0 Å². The Hall–Kier alpha value is -1.90.